The first-order valence-electron chi connectivity index (χ1n) is 4.26. The van der Waals surface area contributed by atoms with Gasteiger partial charge in [0.2, 0.25) is 0 Å². The van der Waals surface area contributed by atoms with Crippen molar-refractivity contribution in [3.8, 4) is 0 Å². The molecule has 0 amide bonds. The first kappa shape index (κ1) is 12.2. The minimum atomic E-state index is -0.995. The number of benzene rings is 1. The summed E-state index contributed by atoms with van der Waals surface area (Å²) in [7, 11) is 1.28. The summed E-state index contributed by atoms with van der Waals surface area (Å²) in [5.74, 6) is -0.484. The third kappa shape index (κ3) is 3.02. The lowest BCUT2D eigenvalue weighted by atomic mass is 10.1. The van der Waals surface area contributed by atoms with Crippen molar-refractivity contribution in [1.29, 1.82) is 0 Å². The summed E-state index contributed by atoms with van der Waals surface area (Å²) in [6.07, 6.45) is -0.995. The number of hydrogen-bond acceptors (Lipinski definition) is 4. The second-order valence-corrected chi connectivity index (χ2v) is 3.88. The molecule has 0 saturated carbocycles. The van der Waals surface area contributed by atoms with Gasteiger partial charge in [-0.25, -0.2) is 4.79 Å². The lowest BCUT2D eigenvalue weighted by molar-refractivity contribution is 0.0599. The lowest BCUT2D eigenvalue weighted by Gasteiger charge is -2.09. The minimum Gasteiger partial charge on any atom is -0.465 e. The summed E-state index contributed by atoms with van der Waals surface area (Å²) in [6, 6.07) is 4.70. The standard InChI is InChI=1S/C10H11BrO4/c1-15-10(14)7-2-6(9(13)5-12)3-8(11)4-7/h2-4,9,12-13H,5H2,1H3. The topological polar surface area (TPSA) is 66.8 Å². The van der Waals surface area contributed by atoms with Crippen LogP contribution in [0, 0.1) is 0 Å². The van der Waals surface area contributed by atoms with Crippen molar-refractivity contribution in [3.63, 3.8) is 0 Å². The Labute approximate surface area is 95.6 Å². The van der Waals surface area contributed by atoms with E-state index in [1.165, 1.54) is 13.2 Å². The number of hydrogen-bond donors (Lipinski definition) is 2. The number of ether oxygens (including phenoxy) is 1. The normalized spacial score (nSPS) is 12.3. The van der Waals surface area contributed by atoms with E-state index in [1.807, 2.05) is 0 Å². The van der Waals surface area contributed by atoms with Crippen molar-refractivity contribution in [1.82, 2.24) is 0 Å². The fourth-order valence-corrected chi connectivity index (χ4v) is 1.66. The highest BCUT2D eigenvalue weighted by Gasteiger charge is 2.12. The fourth-order valence-electron chi connectivity index (χ4n) is 1.15. The van der Waals surface area contributed by atoms with Crippen molar-refractivity contribution in [3.05, 3.63) is 33.8 Å². The minimum absolute atomic E-state index is 0.328. The molecule has 0 aliphatic heterocycles. The Hall–Kier alpha value is -0.910. The van der Waals surface area contributed by atoms with E-state index in [0.717, 1.165) is 0 Å². The molecular formula is C10H11BrO4. The molecule has 0 aliphatic rings. The molecule has 0 fully saturated rings. The quantitative estimate of drug-likeness (QED) is 0.815. The molecule has 0 radical (unpaired) electrons. The summed E-state index contributed by atoms with van der Waals surface area (Å²) in [5.41, 5.74) is 0.793. The Morgan fingerprint density at radius 3 is 2.73 bits per heavy atom. The summed E-state index contributed by atoms with van der Waals surface area (Å²) in [6.45, 7) is -0.392. The molecule has 4 nitrogen and oxygen atoms in total. The molecule has 2 N–H and O–H groups in total. The van der Waals surface area contributed by atoms with Crippen LogP contribution in [0.3, 0.4) is 0 Å². The molecule has 0 spiro atoms. The average molecular weight is 275 g/mol. The van der Waals surface area contributed by atoms with Crippen LogP contribution in [0.4, 0.5) is 0 Å². The number of rotatable bonds is 3. The predicted octanol–water partition coefficient (Wildman–Crippen LogP) is 1.26. The molecule has 0 aliphatic carbocycles. The van der Waals surface area contributed by atoms with E-state index in [9.17, 15) is 9.90 Å². The van der Waals surface area contributed by atoms with Gasteiger partial charge in [-0.1, -0.05) is 15.9 Å². The van der Waals surface area contributed by atoms with Gasteiger partial charge in [0.15, 0.2) is 0 Å². The molecule has 1 rings (SSSR count). The van der Waals surface area contributed by atoms with E-state index in [0.29, 0.717) is 15.6 Å². The highest BCUT2D eigenvalue weighted by molar-refractivity contribution is 9.10. The van der Waals surface area contributed by atoms with Crippen LogP contribution in [-0.4, -0.2) is 29.9 Å². The molecule has 15 heavy (non-hydrogen) atoms. The van der Waals surface area contributed by atoms with Crippen molar-refractivity contribution >= 4 is 21.9 Å². The van der Waals surface area contributed by atoms with E-state index in [2.05, 4.69) is 20.7 Å². The second kappa shape index (κ2) is 5.25. The highest BCUT2D eigenvalue weighted by atomic mass is 79.9. The van der Waals surface area contributed by atoms with Crippen LogP contribution in [0.1, 0.15) is 22.0 Å². The third-order valence-corrected chi connectivity index (χ3v) is 2.36. The van der Waals surface area contributed by atoms with Gasteiger partial charge in [0.05, 0.1) is 19.3 Å². The van der Waals surface area contributed by atoms with Crippen LogP contribution in [0.15, 0.2) is 22.7 Å². The van der Waals surface area contributed by atoms with Crippen LogP contribution in [0.25, 0.3) is 0 Å². The molecule has 0 heterocycles. The maximum Gasteiger partial charge on any atom is 0.337 e. The van der Waals surface area contributed by atoms with Gasteiger partial charge in [0.25, 0.3) is 0 Å². The van der Waals surface area contributed by atoms with Gasteiger partial charge >= 0.3 is 5.97 Å². The Morgan fingerprint density at radius 1 is 1.53 bits per heavy atom. The molecule has 0 saturated heterocycles. The smallest absolute Gasteiger partial charge is 0.337 e. The molecule has 5 heteroatoms. The number of halogens is 1. The van der Waals surface area contributed by atoms with Gasteiger partial charge in [-0.15, -0.1) is 0 Å². The first-order chi connectivity index (χ1) is 7.08. The fraction of sp³-hybridized carbons (Fsp3) is 0.300. The van der Waals surface area contributed by atoms with Gasteiger partial charge in [0, 0.05) is 4.47 Å². The molecule has 1 unspecified atom stereocenters. The van der Waals surface area contributed by atoms with Crippen LogP contribution < -0.4 is 0 Å². The summed E-state index contributed by atoms with van der Waals surface area (Å²) in [4.78, 5) is 11.2. The predicted molar refractivity (Wildman–Crippen MR) is 57.5 cm³/mol. The zero-order valence-electron chi connectivity index (χ0n) is 8.11. The number of aliphatic hydroxyl groups excluding tert-OH is 2. The molecular weight excluding hydrogens is 264 g/mol. The van der Waals surface area contributed by atoms with Gasteiger partial charge in [-0.2, -0.15) is 0 Å². The maximum absolute atomic E-state index is 11.2. The number of aliphatic hydroxyl groups is 2. The van der Waals surface area contributed by atoms with Gasteiger partial charge in [-0.05, 0) is 23.8 Å². The number of esters is 1. The molecule has 0 bridgehead atoms. The van der Waals surface area contributed by atoms with E-state index in [1.54, 1.807) is 12.1 Å². The molecule has 1 aromatic carbocycles. The third-order valence-electron chi connectivity index (χ3n) is 1.90. The van der Waals surface area contributed by atoms with E-state index in [-0.39, 0.29) is 0 Å². The van der Waals surface area contributed by atoms with E-state index < -0.39 is 18.7 Å². The SMILES string of the molecule is COC(=O)c1cc(Br)cc(C(O)CO)c1. The van der Waals surface area contributed by atoms with Gasteiger partial charge < -0.3 is 14.9 Å². The summed E-state index contributed by atoms with van der Waals surface area (Å²) >= 11 is 3.21. The van der Waals surface area contributed by atoms with Crippen molar-refractivity contribution < 1.29 is 19.7 Å². The van der Waals surface area contributed by atoms with Crippen LogP contribution in [0.2, 0.25) is 0 Å². The molecule has 1 aromatic rings. The van der Waals surface area contributed by atoms with E-state index >= 15 is 0 Å². The van der Waals surface area contributed by atoms with Crippen LogP contribution in [0.5, 0.6) is 0 Å². The molecule has 82 valence electrons. The van der Waals surface area contributed by atoms with Crippen molar-refractivity contribution in [2.24, 2.45) is 0 Å². The average Bonchev–Trinajstić information content (AvgIpc) is 2.26. The van der Waals surface area contributed by atoms with Crippen molar-refractivity contribution in [2.45, 2.75) is 6.10 Å². The van der Waals surface area contributed by atoms with Crippen LogP contribution in [-0.2, 0) is 4.74 Å². The monoisotopic (exact) mass is 274 g/mol. The summed E-state index contributed by atoms with van der Waals surface area (Å²) in [5, 5.41) is 18.2. The second-order valence-electron chi connectivity index (χ2n) is 2.96. The zero-order chi connectivity index (χ0) is 11.4. The zero-order valence-corrected chi connectivity index (χ0v) is 9.69. The Morgan fingerprint density at radius 2 is 2.20 bits per heavy atom. The number of carbonyl (C=O) groups is 1. The summed E-state index contributed by atoms with van der Waals surface area (Å²) < 4.78 is 5.20. The Bertz CT molecular complexity index is 364. The molecule has 1 atom stereocenters. The number of methoxy groups -OCH3 is 1. The Kier molecular flexibility index (Phi) is 4.26. The first-order valence-corrected chi connectivity index (χ1v) is 5.05. The number of carbonyl (C=O) groups excluding carboxylic acids is 1. The largest absolute Gasteiger partial charge is 0.465 e. The van der Waals surface area contributed by atoms with Gasteiger partial charge in [-0.3, -0.25) is 0 Å². The maximum atomic E-state index is 11.2. The van der Waals surface area contributed by atoms with Crippen molar-refractivity contribution in [2.75, 3.05) is 13.7 Å². The van der Waals surface area contributed by atoms with Gasteiger partial charge in [0.1, 0.15) is 6.10 Å². The molecule has 0 aromatic heterocycles. The lowest BCUT2D eigenvalue weighted by Crippen LogP contribution is -2.06. The van der Waals surface area contributed by atoms with E-state index in [4.69, 9.17) is 5.11 Å². The Balaban J connectivity index is 3.10. The van der Waals surface area contributed by atoms with Crippen LogP contribution >= 0.6 is 15.9 Å². The highest BCUT2D eigenvalue weighted by Crippen LogP contribution is 2.21.